The molecule has 1 aliphatic heterocycles. The number of amides is 2. The molecule has 1 heterocycles. The van der Waals surface area contributed by atoms with Gasteiger partial charge in [0.05, 0.1) is 6.04 Å². The zero-order valence-electron chi connectivity index (χ0n) is 16.4. The van der Waals surface area contributed by atoms with E-state index in [0.29, 0.717) is 18.5 Å². The van der Waals surface area contributed by atoms with Crippen molar-refractivity contribution >= 4 is 11.8 Å². The molecule has 4 nitrogen and oxygen atoms in total. The van der Waals surface area contributed by atoms with Crippen LogP contribution in [-0.2, 0) is 11.3 Å². The highest BCUT2D eigenvalue weighted by molar-refractivity contribution is 5.94. The van der Waals surface area contributed by atoms with E-state index in [4.69, 9.17) is 0 Å². The highest BCUT2D eigenvalue weighted by atomic mass is 16.2. The summed E-state index contributed by atoms with van der Waals surface area (Å²) in [6.07, 6.45) is 2.43. The number of carbonyl (C=O) groups excluding carboxylic acids is 2. The first kappa shape index (κ1) is 19.2. The van der Waals surface area contributed by atoms with E-state index in [0.717, 1.165) is 24.9 Å². The Kier molecular flexibility index (Phi) is 5.94. The second kappa shape index (κ2) is 8.38. The fraction of sp³-hybridized carbons (Fsp3) is 0.391. The van der Waals surface area contributed by atoms with E-state index in [9.17, 15) is 9.59 Å². The third-order valence-electron chi connectivity index (χ3n) is 5.28. The number of likely N-dealkylation sites (tertiary alicyclic amines) is 1. The average molecular weight is 364 g/mol. The monoisotopic (exact) mass is 364 g/mol. The Bertz CT molecular complexity index is 827. The average Bonchev–Trinajstić information content (AvgIpc) is 3.05. The number of aryl methyl sites for hydroxylation is 2. The zero-order valence-corrected chi connectivity index (χ0v) is 16.4. The molecule has 4 heteroatoms. The molecule has 1 N–H and O–H groups in total. The third kappa shape index (κ3) is 4.57. The van der Waals surface area contributed by atoms with Crippen molar-refractivity contribution in [2.45, 2.75) is 52.6 Å². The lowest BCUT2D eigenvalue weighted by atomic mass is 9.97. The van der Waals surface area contributed by atoms with Gasteiger partial charge in [0.1, 0.15) is 0 Å². The maximum atomic E-state index is 12.7. The summed E-state index contributed by atoms with van der Waals surface area (Å²) in [5.74, 6) is 0.154. The van der Waals surface area contributed by atoms with Crippen LogP contribution in [0.5, 0.6) is 0 Å². The minimum absolute atomic E-state index is 0.00000190. The number of hydrogen-bond acceptors (Lipinski definition) is 2. The zero-order chi connectivity index (χ0) is 19.4. The van der Waals surface area contributed by atoms with E-state index >= 15 is 0 Å². The molecule has 1 atom stereocenters. The highest BCUT2D eigenvalue weighted by Gasteiger charge is 2.20. The fourth-order valence-corrected chi connectivity index (χ4v) is 3.71. The van der Waals surface area contributed by atoms with Crippen molar-refractivity contribution in [3.63, 3.8) is 0 Å². The van der Waals surface area contributed by atoms with E-state index in [1.165, 1.54) is 16.7 Å². The lowest BCUT2D eigenvalue weighted by Crippen LogP contribution is -2.28. The standard InChI is InChI=1S/C23H28N2O2/c1-4-21(20-12-7-16(2)14-17(20)3)24-23(27)19-10-8-18(9-11-19)15-25-13-5-6-22(25)26/h7-12,14,21H,4-6,13,15H2,1-3H3,(H,24,27). The Morgan fingerprint density at radius 2 is 1.89 bits per heavy atom. The predicted molar refractivity (Wildman–Crippen MR) is 108 cm³/mol. The highest BCUT2D eigenvalue weighted by Crippen LogP contribution is 2.22. The number of nitrogens with one attached hydrogen (secondary N) is 1. The van der Waals surface area contributed by atoms with Gasteiger partial charge in [0.25, 0.3) is 5.91 Å². The second-order valence-corrected chi connectivity index (χ2v) is 7.41. The number of hydrogen-bond donors (Lipinski definition) is 1. The molecule has 2 aromatic rings. The second-order valence-electron chi connectivity index (χ2n) is 7.41. The van der Waals surface area contributed by atoms with Crippen LogP contribution in [0.25, 0.3) is 0 Å². The summed E-state index contributed by atoms with van der Waals surface area (Å²) >= 11 is 0. The summed E-state index contributed by atoms with van der Waals surface area (Å²) in [4.78, 5) is 26.3. The van der Waals surface area contributed by atoms with E-state index in [1.807, 2.05) is 29.2 Å². The first-order valence-electron chi connectivity index (χ1n) is 9.72. The summed E-state index contributed by atoms with van der Waals surface area (Å²) in [6, 6.07) is 13.9. The molecule has 27 heavy (non-hydrogen) atoms. The summed E-state index contributed by atoms with van der Waals surface area (Å²) < 4.78 is 0. The SMILES string of the molecule is CCC(NC(=O)c1ccc(CN2CCCC2=O)cc1)c1ccc(C)cc1C. The van der Waals surface area contributed by atoms with Crippen LogP contribution >= 0.6 is 0 Å². The van der Waals surface area contributed by atoms with Gasteiger partial charge in [0.15, 0.2) is 0 Å². The Hall–Kier alpha value is -2.62. The van der Waals surface area contributed by atoms with Crippen LogP contribution in [0, 0.1) is 13.8 Å². The minimum atomic E-state index is -0.0642. The van der Waals surface area contributed by atoms with Crippen LogP contribution in [-0.4, -0.2) is 23.3 Å². The number of rotatable bonds is 6. The van der Waals surface area contributed by atoms with Gasteiger partial charge < -0.3 is 10.2 Å². The van der Waals surface area contributed by atoms with Crippen molar-refractivity contribution in [3.05, 3.63) is 70.3 Å². The van der Waals surface area contributed by atoms with Crippen LogP contribution in [0.4, 0.5) is 0 Å². The van der Waals surface area contributed by atoms with Crippen LogP contribution in [0.1, 0.15) is 64.8 Å². The fourth-order valence-electron chi connectivity index (χ4n) is 3.71. The van der Waals surface area contributed by atoms with E-state index in [-0.39, 0.29) is 17.9 Å². The smallest absolute Gasteiger partial charge is 0.251 e. The maximum absolute atomic E-state index is 12.7. The number of benzene rings is 2. The molecule has 0 spiro atoms. The molecule has 1 saturated heterocycles. The van der Waals surface area contributed by atoms with E-state index < -0.39 is 0 Å². The maximum Gasteiger partial charge on any atom is 0.251 e. The van der Waals surface area contributed by atoms with Crippen LogP contribution in [0.2, 0.25) is 0 Å². The van der Waals surface area contributed by atoms with E-state index in [1.54, 1.807) is 0 Å². The van der Waals surface area contributed by atoms with Crippen molar-refractivity contribution in [2.24, 2.45) is 0 Å². The van der Waals surface area contributed by atoms with Crippen LogP contribution < -0.4 is 5.32 Å². The molecular formula is C23H28N2O2. The molecule has 1 aliphatic rings. The molecule has 0 saturated carbocycles. The Balaban J connectivity index is 1.66. The summed E-state index contributed by atoms with van der Waals surface area (Å²) in [6.45, 7) is 7.70. The molecule has 2 aromatic carbocycles. The molecule has 0 aromatic heterocycles. The normalized spacial score (nSPS) is 15.1. The van der Waals surface area contributed by atoms with Gasteiger partial charge in [-0.2, -0.15) is 0 Å². The van der Waals surface area contributed by atoms with Crippen LogP contribution in [0.3, 0.4) is 0 Å². The molecule has 1 unspecified atom stereocenters. The van der Waals surface area contributed by atoms with Crippen molar-refractivity contribution in [2.75, 3.05) is 6.54 Å². The minimum Gasteiger partial charge on any atom is -0.345 e. The van der Waals surface area contributed by atoms with Gasteiger partial charge >= 0.3 is 0 Å². The van der Waals surface area contributed by atoms with Gasteiger partial charge in [0, 0.05) is 25.1 Å². The first-order chi connectivity index (χ1) is 13.0. The van der Waals surface area contributed by atoms with Crippen molar-refractivity contribution < 1.29 is 9.59 Å². The molecule has 142 valence electrons. The van der Waals surface area contributed by atoms with Crippen molar-refractivity contribution in [1.82, 2.24) is 10.2 Å². The molecule has 2 amide bonds. The van der Waals surface area contributed by atoms with Gasteiger partial charge in [0.2, 0.25) is 5.91 Å². The van der Waals surface area contributed by atoms with Gasteiger partial charge in [-0.1, -0.05) is 42.8 Å². The van der Waals surface area contributed by atoms with Crippen LogP contribution in [0.15, 0.2) is 42.5 Å². The molecule has 0 bridgehead atoms. The molecule has 3 rings (SSSR count). The van der Waals surface area contributed by atoms with Gasteiger partial charge in [-0.3, -0.25) is 9.59 Å². The van der Waals surface area contributed by atoms with Gasteiger partial charge in [-0.05, 0) is 55.5 Å². The Labute approximate surface area is 161 Å². The van der Waals surface area contributed by atoms with Crippen molar-refractivity contribution in [3.8, 4) is 0 Å². The summed E-state index contributed by atoms with van der Waals surface area (Å²) in [7, 11) is 0. The number of carbonyl (C=O) groups is 2. The largest absolute Gasteiger partial charge is 0.345 e. The van der Waals surface area contributed by atoms with Gasteiger partial charge in [-0.15, -0.1) is 0 Å². The lowest BCUT2D eigenvalue weighted by molar-refractivity contribution is -0.128. The Morgan fingerprint density at radius 3 is 2.48 bits per heavy atom. The van der Waals surface area contributed by atoms with Gasteiger partial charge in [-0.25, -0.2) is 0 Å². The molecule has 0 aliphatic carbocycles. The lowest BCUT2D eigenvalue weighted by Gasteiger charge is -2.20. The first-order valence-corrected chi connectivity index (χ1v) is 9.72. The van der Waals surface area contributed by atoms with Crippen molar-refractivity contribution in [1.29, 1.82) is 0 Å². The Morgan fingerprint density at radius 1 is 1.15 bits per heavy atom. The topological polar surface area (TPSA) is 49.4 Å². The quantitative estimate of drug-likeness (QED) is 0.830. The predicted octanol–water partition coefficient (Wildman–Crippen LogP) is 4.31. The third-order valence-corrected chi connectivity index (χ3v) is 5.28. The molecule has 0 radical (unpaired) electrons. The van der Waals surface area contributed by atoms with E-state index in [2.05, 4.69) is 44.3 Å². The molecular weight excluding hydrogens is 336 g/mol. The summed E-state index contributed by atoms with van der Waals surface area (Å²) in [5, 5.41) is 3.16. The number of nitrogens with zero attached hydrogens (tertiary/aromatic N) is 1. The summed E-state index contributed by atoms with van der Waals surface area (Å²) in [5.41, 5.74) is 5.30. The molecule has 1 fully saturated rings.